The van der Waals surface area contributed by atoms with E-state index in [1.807, 2.05) is 4.90 Å². The highest BCUT2D eigenvalue weighted by Gasteiger charge is 2.32. The van der Waals surface area contributed by atoms with Crippen LogP contribution in [0.5, 0.6) is 0 Å². The molecule has 0 bridgehead atoms. The van der Waals surface area contributed by atoms with Crippen LogP contribution in [0, 0.1) is 25.5 Å². The summed E-state index contributed by atoms with van der Waals surface area (Å²) in [7, 11) is 0. The zero-order valence-electron chi connectivity index (χ0n) is 11.6. The Bertz CT molecular complexity index is 568. The molecule has 3 rings (SSSR count). The van der Waals surface area contributed by atoms with Gasteiger partial charge in [-0.3, -0.25) is 14.9 Å². The van der Waals surface area contributed by atoms with Crippen molar-refractivity contribution in [2.45, 2.75) is 25.7 Å². The number of nitro benzene ring substituents is 1. The van der Waals surface area contributed by atoms with Gasteiger partial charge in [-0.05, 0) is 66.2 Å². The van der Waals surface area contributed by atoms with Crippen LogP contribution in [0.3, 0.4) is 0 Å². The average Bonchev–Trinajstić information content (AvgIpc) is 3.32. The van der Waals surface area contributed by atoms with Crippen molar-refractivity contribution in [1.82, 2.24) is 4.90 Å². The van der Waals surface area contributed by atoms with Crippen LogP contribution in [0.4, 0.5) is 5.69 Å². The lowest BCUT2D eigenvalue weighted by molar-refractivity contribution is -0.384. The summed E-state index contributed by atoms with van der Waals surface area (Å²) in [4.78, 5) is 25.1. The first-order chi connectivity index (χ1) is 10.0. The van der Waals surface area contributed by atoms with Crippen LogP contribution in [0.15, 0.2) is 18.2 Å². The third-order valence-electron chi connectivity index (χ3n) is 4.03. The zero-order valence-corrected chi connectivity index (χ0v) is 13.8. The van der Waals surface area contributed by atoms with Crippen molar-refractivity contribution in [3.8, 4) is 0 Å². The minimum absolute atomic E-state index is 0.0171. The molecule has 1 aromatic carbocycles. The van der Waals surface area contributed by atoms with E-state index in [-0.39, 0.29) is 11.6 Å². The number of halogens is 1. The molecule has 0 atom stereocenters. The fourth-order valence-corrected chi connectivity index (χ4v) is 2.99. The number of rotatable bonds is 6. The largest absolute Gasteiger partial charge is 0.338 e. The molecule has 2 aliphatic rings. The molecule has 0 heterocycles. The van der Waals surface area contributed by atoms with Crippen LogP contribution in [0.25, 0.3) is 0 Å². The molecular formula is C15H17IN2O3. The van der Waals surface area contributed by atoms with Gasteiger partial charge in [0.2, 0.25) is 0 Å². The van der Waals surface area contributed by atoms with Gasteiger partial charge >= 0.3 is 0 Å². The van der Waals surface area contributed by atoms with E-state index in [1.54, 1.807) is 6.07 Å². The van der Waals surface area contributed by atoms with Gasteiger partial charge < -0.3 is 4.90 Å². The molecule has 0 unspecified atom stereocenters. The summed E-state index contributed by atoms with van der Waals surface area (Å²) in [5, 5.41) is 10.9. The maximum Gasteiger partial charge on any atom is 0.270 e. The Morgan fingerprint density at radius 2 is 1.81 bits per heavy atom. The standard InChI is InChI=1S/C15H17IN2O3/c16-14-6-5-12(18(20)21)7-13(14)15(19)17(8-10-1-2-10)9-11-3-4-11/h5-7,10-11H,1-4,8-9H2. The van der Waals surface area contributed by atoms with Gasteiger partial charge in [0.05, 0.1) is 10.5 Å². The number of non-ortho nitro benzene ring substituents is 1. The van der Waals surface area contributed by atoms with Gasteiger partial charge in [0.15, 0.2) is 0 Å². The second-order valence-electron chi connectivity index (χ2n) is 6.02. The summed E-state index contributed by atoms with van der Waals surface area (Å²) in [5.41, 5.74) is 0.447. The zero-order chi connectivity index (χ0) is 15.0. The predicted molar refractivity (Wildman–Crippen MR) is 87.2 cm³/mol. The quantitative estimate of drug-likeness (QED) is 0.418. The van der Waals surface area contributed by atoms with Gasteiger partial charge in [0.25, 0.3) is 11.6 Å². The van der Waals surface area contributed by atoms with Crippen molar-refractivity contribution in [1.29, 1.82) is 0 Å². The number of hydrogen-bond acceptors (Lipinski definition) is 3. The average molecular weight is 400 g/mol. The van der Waals surface area contributed by atoms with E-state index >= 15 is 0 Å². The van der Waals surface area contributed by atoms with Crippen LogP contribution < -0.4 is 0 Å². The van der Waals surface area contributed by atoms with Crippen molar-refractivity contribution in [3.05, 3.63) is 37.4 Å². The molecule has 5 nitrogen and oxygen atoms in total. The summed E-state index contributed by atoms with van der Waals surface area (Å²) in [6.45, 7) is 1.60. The summed E-state index contributed by atoms with van der Waals surface area (Å²) >= 11 is 2.08. The molecule has 0 aromatic heterocycles. The first-order valence-corrected chi connectivity index (χ1v) is 8.35. The molecule has 0 spiro atoms. The summed E-state index contributed by atoms with van der Waals surface area (Å²) < 4.78 is 0.778. The van der Waals surface area contributed by atoms with Crippen molar-refractivity contribution in [3.63, 3.8) is 0 Å². The molecule has 0 radical (unpaired) electrons. The van der Waals surface area contributed by atoms with Gasteiger partial charge in [-0.1, -0.05) is 0 Å². The van der Waals surface area contributed by atoms with Gasteiger partial charge in [-0.2, -0.15) is 0 Å². The van der Waals surface area contributed by atoms with Crippen molar-refractivity contribution in [2.24, 2.45) is 11.8 Å². The van der Waals surface area contributed by atoms with Crippen molar-refractivity contribution < 1.29 is 9.72 Å². The highest BCUT2D eigenvalue weighted by atomic mass is 127. The Morgan fingerprint density at radius 1 is 1.24 bits per heavy atom. The first-order valence-electron chi connectivity index (χ1n) is 7.28. The van der Waals surface area contributed by atoms with Crippen LogP contribution >= 0.6 is 22.6 Å². The van der Waals surface area contributed by atoms with E-state index in [1.165, 1.54) is 37.8 Å². The second-order valence-corrected chi connectivity index (χ2v) is 7.18. The fraction of sp³-hybridized carbons (Fsp3) is 0.533. The summed E-state index contributed by atoms with van der Waals surface area (Å²) in [5.74, 6) is 1.20. The molecule has 2 saturated carbocycles. The minimum atomic E-state index is -0.445. The van der Waals surface area contributed by atoms with Gasteiger partial charge in [0.1, 0.15) is 0 Å². The Hall–Kier alpha value is -1.18. The number of nitrogens with zero attached hydrogens (tertiary/aromatic N) is 2. The Kier molecular flexibility index (Phi) is 4.14. The number of hydrogen-bond donors (Lipinski definition) is 0. The van der Waals surface area contributed by atoms with Crippen molar-refractivity contribution in [2.75, 3.05) is 13.1 Å². The Morgan fingerprint density at radius 3 is 2.29 bits per heavy atom. The van der Waals surface area contributed by atoms with Crippen LogP contribution in [0.2, 0.25) is 0 Å². The van der Waals surface area contributed by atoms with E-state index in [0.29, 0.717) is 17.4 Å². The van der Waals surface area contributed by atoms with E-state index in [0.717, 1.165) is 16.7 Å². The second kappa shape index (κ2) is 5.90. The predicted octanol–water partition coefficient (Wildman–Crippen LogP) is 3.46. The number of carbonyl (C=O) groups excluding carboxylic acids is 1. The molecule has 1 amide bonds. The highest BCUT2D eigenvalue weighted by molar-refractivity contribution is 14.1. The maximum atomic E-state index is 12.8. The number of carbonyl (C=O) groups is 1. The smallest absolute Gasteiger partial charge is 0.270 e. The number of benzene rings is 1. The van der Waals surface area contributed by atoms with E-state index in [9.17, 15) is 14.9 Å². The molecular weight excluding hydrogens is 383 g/mol. The lowest BCUT2D eigenvalue weighted by Crippen LogP contribution is -2.35. The van der Waals surface area contributed by atoms with Gasteiger partial charge in [-0.15, -0.1) is 0 Å². The topological polar surface area (TPSA) is 63.4 Å². The SMILES string of the molecule is O=C(c1cc([N+](=O)[O-])ccc1I)N(CC1CC1)CC1CC1. The molecule has 0 aliphatic heterocycles. The van der Waals surface area contributed by atoms with Crippen LogP contribution in [0.1, 0.15) is 36.0 Å². The molecule has 6 heteroatoms. The van der Waals surface area contributed by atoms with Gasteiger partial charge in [0, 0.05) is 28.8 Å². The summed E-state index contributed by atoms with van der Waals surface area (Å²) in [6, 6.07) is 4.51. The maximum absolute atomic E-state index is 12.8. The third kappa shape index (κ3) is 3.72. The number of amides is 1. The highest BCUT2D eigenvalue weighted by Crippen LogP contribution is 2.34. The minimum Gasteiger partial charge on any atom is -0.338 e. The molecule has 2 aliphatic carbocycles. The molecule has 0 N–H and O–H groups in total. The van der Waals surface area contributed by atoms with Crippen molar-refractivity contribution >= 4 is 34.2 Å². The molecule has 2 fully saturated rings. The Labute approximate surface area is 137 Å². The summed E-state index contributed by atoms with van der Waals surface area (Å²) in [6.07, 6.45) is 4.78. The monoisotopic (exact) mass is 400 g/mol. The molecule has 0 saturated heterocycles. The lowest BCUT2D eigenvalue weighted by atomic mass is 10.1. The lowest BCUT2D eigenvalue weighted by Gasteiger charge is -2.23. The van der Waals surface area contributed by atoms with E-state index in [2.05, 4.69) is 22.6 Å². The fourth-order valence-electron chi connectivity index (χ4n) is 2.43. The van der Waals surface area contributed by atoms with Gasteiger partial charge in [-0.25, -0.2) is 0 Å². The molecule has 112 valence electrons. The molecule has 1 aromatic rings. The Balaban J connectivity index is 1.82. The first kappa shape index (κ1) is 14.7. The number of nitro groups is 1. The van der Waals surface area contributed by atoms with E-state index in [4.69, 9.17) is 0 Å². The van der Waals surface area contributed by atoms with E-state index < -0.39 is 4.92 Å². The van der Waals surface area contributed by atoms with Crippen LogP contribution in [-0.2, 0) is 0 Å². The normalized spacial score (nSPS) is 17.6. The van der Waals surface area contributed by atoms with Crippen LogP contribution in [-0.4, -0.2) is 28.8 Å². The molecule has 21 heavy (non-hydrogen) atoms. The third-order valence-corrected chi connectivity index (χ3v) is 4.97.